The number of carbonyl (C=O) groups excluding carboxylic acids is 2. The molecule has 0 aliphatic heterocycles. The number of halogens is 2. The van der Waals surface area contributed by atoms with E-state index in [1.807, 2.05) is 12.3 Å². The molecule has 2 amide bonds. The third kappa shape index (κ3) is 5.48. The molecule has 11 heteroatoms. The Morgan fingerprint density at radius 2 is 2.07 bits per heavy atom. The highest BCUT2D eigenvalue weighted by Gasteiger charge is 2.13. The van der Waals surface area contributed by atoms with Crippen molar-refractivity contribution in [2.45, 2.75) is 11.3 Å². The van der Waals surface area contributed by atoms with Crippen LogP contribution in [0, 0.1) is 12.7 Å². The third-order valence-electron chi connectivity index (χ3n) is 3.11. The normalized spacial score (nSPS) is 10.6. The second-order valence-corrected chi connectivity index (χ2v) is 8.80. The molecule has 0 saturated heterocycles. The Morgan fingerprint density at radius 3 is 2.78 bits per heavy atom. The Bertz CT molecular complexity index is 992. The lowest BCUT2D eigenvalue weighted by molar-refractivity contribution is -0.113. The molecular weight excluding hydrogens is 431 g/mol. The highest BCUT2D eigenvalue weighted by atomic mass is 35.5. The molecular formula is C16H12ClFN4O2S3. The van der Waals surface area contributed by atoms with Gasteiger partial charge in [0.25, 0.3) is 5.91 Å². The number of amides is 2. The summed E-state index contributed by atoms with van der Waals surface area (Å²) >= 11 is 9.39. The van der Waals surface area contributed by atoms with Gasteiger partial charge in [0.15, 0.2) is 4.34 Å². The van der Waals surface area contributed by atoms with E-state index in [2.05, 4.69) is 20.8 Å². The number of hydrogen-bond donors (Lipinski definition) is 2. The molecule has 140 valence electrons. The maximum Gasteiger partial charge on any atom is 0.267 e. The summed E-state index contributed by atoms with van der Waals surface area (Å²) in [6.07, 6.45) is 0. The van der Waals surface area contributed by atoms with Crippen molar-refractivity contribution in [3.05, 3.63) is 50.9 Å². The van der Waals surface area contributed by atoms with Gasteiger partial charge >= 0.3 is 0 Å². The lowest BCUT2D eigenvalue weighted by Crippen LogP contribution is -2.13. The van der Waals surface area contributed by atoms with Crippen LogP contribution in [-0.4, -0.2) is 27.8 Å². The van der Waals surface area contributed by atoms with Crippen LogP contribution in [0.1, 0.15) is 15.2 Å². The van der Waals surface area contributed by atoms with Gasteiger partial charge in [-0.3, -0.25) is 14.9 Å². The Balaban J connectivity index is 1.50. The van der Waals surface area contributed by atoms with Crippen molar-refractivity contribution in [2.75, 3.05) is 16.4 Å². The quantitative estimate of drug-likeness (QED) is 0.427. The summed E-state index contributed by atoms with van der Waals surface area (Å²) in [6.45, 7) is 1.91. The molecule has 0 aliphatic rings. The zero-order valence-corrected chi connectivity index (χ0v) is 17.0. The van der Waals surface area contributed by atoms with E-state index in [1.165, 1.54) is 52.6 Å². The summed E-state index contributed by atoms with van der Waals surface area (Å²) in [5.41, 5.74) is 1.43. The highest BCUT2D eigenvalue weighted by molar-refractivity contribution is 8.01. The van der Waals surface area contributed by atoms with E-state index in [4.69, 9.17) is 11.6 Å². The first-order valence-corrected chi connectivity index (χ1v) is 10.5. The predicted molar refractivity (Wildman–Crippen MR) is 108 cm³/mol. The summed E-state index contributed by atoms with van der Waals surface area (Å²) in [5.74, 6) is -1.00. The van der Waals surface area contributed by atoms with E-state index in [1.54, 1.807) is 6.07 Å². The van der Waals surface area contributed by atoms with Gasteiger partial charge in [0.1, 0.15) is 5.82 Å². The first kappa shape index (κ1) is 19.7. The van der Waals surface area contributed by atoms with Gasteiger partial charge in [0.05, 0.1) is 15.7 Å². The number of benzene rings is 1. The van der Waals surface area contributed by atoms with E-state index >= 15 is 0 Å². The average molecular weight is 443 g/mol. The first-order chi connectivity index (χ1) is 12.9. The molecule has 0 unspecified atom stereocenters. The third-order valence-corrected chi connectivity index (χ3v) is 6.42. The van der Waals surface area contributed by atoms with E-state index in [0.29, 0.717) is 20.0 Å². The fourth-order valence-electron chi connectivity index (χ4n) is 1.93. The minimum absolute atomic E-state index is 0.0640. The molecule has 0 spiro atoms. The summed E-state index contributed by atoms with van der Waals surface area (Å²) in [7, 11) is 0. The number of hydrogen-bond acceptors (Lipinski definition) is 7. The second kappa shape index (κ2) is 8.79. The van der Waals surface area contributed by atoms with Crippen LogP contribution in [0.5, 0.6) is 0 Å². The topological polar surface area (TPSA) is 84.0 Å². The van der Waals surface area contributed by atoms with Crippen molar-refractivity contribution in [1.82, 2.24) is 10.2 Å². The van der Waals surface area contributed by atoms with Crippen LogP contribution in [0.4, 0.5) is 15.2 Å². The lowest BCUT2D eigenvalue weighted by Gasteiger charge is -2.04. The molecule has 27 heavy (non-hydrogen) atoms. The summed E-state index contributed by atoms with van der Waals surface area (Å²) in [6, 6.07) is 5.74. The monoisotopic (exact) mass is 442 g/mol. The molecule has 0 saturated carbocycles. The molecule has 3 rings (SSSR count). The lowest BCUT2D eigenvalue weighted by atomic mass is 10.3. The van der Waals surface area contributed by atoms with Gasteiger partial charge in [-0.15, -0.1) is 21.5 Å². The molecule has 2 aromatic heterocycles. The average Bonchev–Trinajstić information content (AvgIpc) is 3.25. The Labute approximate surface area is 171 Å². The smallest absolute Gasteiger partial charge is 0.267 e. The van der Waals surface area contributed by atoms with Crippen LogP contribution in [0.25, 0.3) is 0 Å². The van der Waals surface area contributed by atoms with Crippen molar-refractivity contribution in [3.8, 4) is 0 Å². The number of thioether (sulfide) groups is 1. The Kier molecular flexibility index (Phi) is 6.42. The van der Waals surface area contributed by atoms with Gasteiger partial charge in [-0.1, -0.05) is 34.7 Å². The fraction of sp³-hybridized carbons (Fsp3) is 0.125. The number of carbonyl (C=O) groups is 2. The minimum atomic E-state index is -0.551. The molecule has 0 aliphatic carbocycles. The van der Waals surface area contributed by atoms with Crippen molar-refractivity contribution >= 4 is 68.7 Å². The highest BCUT2D eigenvalue weighted by Crippen LogP contribution is 2.27. The number of aromatic nitrogens is 2. The second-order valence-electron chi connectivity index (χ2n) is 5.28. The summed E-state index contributed by atoms with van der Waals surface area (Å²) in [4.78, 5) is 24.7. The van der Waals surface area contributed by atoms with Gasteiger partial charge in [0, 0.05) is 5.69 Å². The number of rotatable bonds is 6. The van der Waals surface area contributed by atoms with Gasteiger partial charge < -0.3 is 5.32 Å². The molecule has 0 fully saturated rings. The van der Waals surface area contributed by atoms with Crippen molar-refractivity contribution < 1.29 is 14.0 Å². The number of nitrogens with one attached hydrogen (secondary N) is 2. The fourth-order valence-corrected chi connectivity index (χ4v) is 4.45. The number of anilines is 2. The first-order valence-electron chi connectivity index (χ1n) is 7.48. The van der Waals surface area contributed by atoms with Gasteiger partial charge in [0.2, 0.25) is 11.0 Å². The maximum absolute atomic E-state index is 13.1. The van der Waals surface area contributed by atoms with Crippen LogP contribution in [0.15, 0.2) is 34.0 Å². The van der Waals surface area contributed by atoms with Gasteiger partial charge in [-0.25, -0.2) is 4.39 Å². The molecule has 3 aromatic rings. The van der Waals surface area contributed by atoms with E-state index in [9.17, 15) is 14.0 Å². The summed E-state index contributed by atoms with van der Waals surface area (Å²) in [5, 5.41) is 15.3. The van der Waals surface area contributed by atoms with E-state index in [0.717, 1.165) is 5.56 Å². The molecule has 0 bridgehead atoms. The van der Waals surface area contributed by atoms with Crippen molar-refractivity contribution in [3.63, 3.8) is 0 Å². The number of aryl methyl sites for hydroxylation is 1. The minimum Gasteiger partial charge on any atom is -0.325 e. The van der Waals surface area contributed by atoms with Crippen molar-refractivity contribution in [1.29, 1.82) is 0 Å². The van der Waals surface area contributed by atoms with Gasteiger partial charge in [-0.05, 0) is 42.1 Å². The zero-order valence-electron chi connectivity index (χ0n) is 13.8. The maximum atomic E-state index is 13.1. The van der Waals surface area contributed by atoms with E-state index in [-0.39, 0.29) is 22.6 Å². The number of thiophene rings is 1. The van der Waals surface area contributed by atoms with Gasteiger partial charge in [-0.2, -0.15) is 0 Å². The summed E-state index contributed by atoms with van der Waals surface area (Å²) < 4.78 is 13.7. The number of nitrogens with zero attached hydrogens (tertiary/aromatic N) is 2. The molecule has 1 aromatic carbocycles. The molecule has 0 atom stereocenters. The van der Waals surface area contributed by atoms with Crippen LogP contribution < -0.4 is 10.6 Å². The van der Waals surface area contributed by atoms with Crippen LogP contribution in [0.3, 0.4) is 0 Å². The predicted octanol–water partition coefficient (Wildman–Crippen LogP) is 4.68. The largest absolute Gasteiger partial charge is 0.325 e. The Hall–Kier alpha value is -2.01. The zero-order chi connectivity index (χ0) is 19.4. The Morgan fingerprint density at radius 1 is 1.26 bits per heavy atom. The standard InChI is InChI=1S/C16H12ClFN4O2S3/c1-8-4-12(25-6-8)14(24)20-15-21-22-16(27-15)26-7-13(23)19-9-2-3-11(18)10(17)5-9/h2-6H,7H2,1H3,(H,19,23)(H,20,21,24). The SMILES string of the molecule is Cc1csc(C(=O)Nc2nnc(SCC(=O)Nc3ccc(F)c(Cl)c3)s2)c1. The molecule has 0 radical (unpaired) electrons. The van der Waals surface area contributed by atoms with Crippen LogP contribution in [-0.2, 0) is 4.79 Å². The van der Waals surface area contributed by atoms with E-state index < -0.39 is 5.82 Å². The van der Waals surface area contributed by atoms with Crippen molar-refractivity contribution in [2.24, 2.45) is 0 Å². The van der Waals surface area contributed by atoms with Crippen LogP contribution >= 0.6 is 46.0 Å². The molecule has 2 heterocycles. The molecule has 2 N–H and O–H groups in total. The molecule has 6 nitrogen and oxygen atoms in total. The van der Waals surface area contributed by atoms with Crippen LogP contribution in [0.2, 0.25) is 5.02 Å².